The summed E-state index contributed by atoms with van der Waals surface area (Å²) in [6.07, 6.45) is 2.40. The maximum atomic E-state index is 6.35. The number of aryl methyl sites for hydroxylation is 1. The molecule has 2 aromatic rings. The van der Waals surface area contributed by atoms with Crippen LogP contribution in [0.4, 0.5) is 0 Å². The molecule has 0 radical (unpaired) electrons. The molecule has 0 bridgehead atoms. The van der Waals surface area contributed by atoms with E-state index in [4.69, 9.17) is 11.6 Å². The summed E-state index contributed by atoms with van der Waals surface area (Å²) in [5.41, 5.74) is 3.00. The van der Waals surface area contributed by atoms with Gasteiger partial charge in [-0.1, -0.05) is 42.8 Å². The predicted octanol–water partition coefficient (Wildman–Crippen LogP) is 4.78. The van der Waals surface area contributed by atoms with Crippen molar-refractivity contribution in [2.75, 3.05) is 6.54 Å². The summed E-state index contributed by atoms with van der Waals surface area (Å²) in [5, 5.41) is 6.62. The lowest BCUT2D eigenvalue weighted by atomic mass is 9.92. The number of likely N-dealkylation sites (N-methyl/N-ethyl adjacent to an activating group) is 1. The van der Waals surface area contributed by atoms with Crippen molar-refractivity contribution in [3.8, 4) is 0 Å². The van der Waals surface area contributed by atoms with E-state index in [-0.39, 0.29) is 0 Å². The van der Waals surface area contributed by atoms with Crippen LogP contribution in [0.1, 0.15) is 41.3 Å². The number of rotatable bonds is 4. The van der Waals surface area contributed by atoms with Gasteiger partial charge in [-0.3, -0.25) is 0 Å². The minimum atomic E-state index is 0.348. The molecule has 0 fully saturated rings. The SMILES string of the molecule is CCNC(c1sccc1Cl)C1CCc2ccccc21. The summed E-state index contributed by atoms with van der Waals surface area (Å²) < 4.78 is 0. The van der Waals surface area contributed by atoms with Gasteiger partial charge in [0.2, 0.25) is 0 Å². The molecule has 3 rings (SSSR count). The molecule has 100 valence electrons. The van der Waals surface area contributed by atoms with Crippen LogP contribution in [-0.4, -0.2) is 6.54 Å². The van der Waals surface area contributed by atoms with Crippen molar-refractivity contribution in [1.29, 1.82) is 0 Å². The van der Waals surface area contributed by atoms with E-state index in [2.05, 4.69) is 41.9 Å². The number of halogens is 1. The summed E-state index contributed by atoms with van der Waals surface area (Å²) in [7, 11) is 0. The van der Waals surface area contributed by atoms with Crippen molar-refractivity contribution in [2.24, 2.45) is 0 Å². The van der Waals surface area contributed by atoms with Gasteiger partial charge in [0.1, 0.15) is 0 Å². The van der Waals surface area contributed by atoms with Gasteiger partial charge in [0.05, 0.1) is 5.02 Å². The third-order valence-corrected chi connectivity index (χ3v) is 5.37. The van der Waals surface area contributed by atoms with Crippen LogP contribution in [-0.2, 0) is 6.42 Å². The van der Waals surface area contributed by atoms with Gasteiger partial charge in [-0.2, -0.15) is 0 Å². The van der Waals surface area contributed by atoms with E-state index in [1.165, 1.54) is 28.8 Å². The number of benzene rings is 1. The summed E-state index contributed by atoms with van der Waals surface area (Å²) in [4.78, 5) is 1.28. The van der Waals surface area contributed by atoms with Crippen LogP contribution in [0.15, 0.2) is 35.7 Å². The second kappa shape index (κ2) is 5.66. The molecule has 2 atom stereocenters. The van der Waals surface area contributed by atoms with Crippen LogP contribution >= 0.6 is 22.9 Å². The highest BCUT2D eigenvalue weighted by atomic mass is 35.5. The summed E-state index contributed by atoms with van der Waals surface area (Å²) in [6, 6.07) is 11.2. The summed E-state index contributed by atoms with van der Waals surface area (Å²) in [6.45, 7) is 3.13. The molecule has 1 aromatic carbocycles. The van der Waals surface area contributed by atoms with E-state index < -0.39 is 0 Å². The molecule has 19 heavy (non-hydrogen) atoms. The van der Waals surface area contributed by atoms with Gasteiger partial charge in [-0.05, 0) is 42.0 Å². The zero-order valence-corrected chi connectivity index (χ0v) is 12.6. The molecule has 1 aliphatic carbocycles. The van der Waals surface area contributed by atoms with Gasteiger partial charge in [-0.25, -0.2) is 0 Å². The molecular weight excluding hydrogens is 274 g/mol. The first-order valence-electron chi connectivity index (χ1n) is 6.85. The van der Waals surface area contributed by atoms with Crippen LogP contribution in [0.25, 0.3) is 0 Å². The van der Waals surface area contributed by atoms with E-state index in [1.807, 2.05) is 6.07 Å². The molecule has 1 N–H and O–H groups in total. The lowest BCUT2D eigenvalue weighted by molar-refractivity contribution is 0.459. The Hall–Kier alpha value is -0.830. The van der Waals surface area contributed by atoms with Crippen molar-refractivity contribution < 1.29 is 0 Å². The Morgan fingerprint density at radius 3 is 2.95 bits per heavy atom. The smallest absolute Gasteiger partial charge is 0.0561 e. The Bertz CT molecular complexity index is 563. The van der Waals surface area contributed by atoms with Crippen LogP contribution in [0, 0.1) is 0 Å². The molecule has 1 aliphatic rings. The topological polar surface area (TPSA) is 12.0 Å². The zero-order valence-electron chi connectivity index (χ0n) is 11.0. The molecular formula is C16H18ClNS. The number of fused-ring (bicyclic) bond motifs is 1. The largest absolute Gasteiger partial charge is 0.309 e. The van der Waals surface area contributed by atoms with Gasteiger partial charge in [0, 0.05) is 16.8 Å². The third-order valence-electron chi connectivity index (χ3n) is 3.93. The van der Waals surface area contributed by atoms with Crippen molar-refractivity contribution in [3.05, 3.63) is 56.7 Å². The van der Waals surface area contributed by atoms with Crippen molar-refractivity contribution >= 4 is 22.9 Å². The number of hydrogen-bond acceptors (Lipinski definition) is 2. The fraction of sp³-hybridized carbons (Fsp3) is 0.375. The first kappa shape index (κ1) is 13.2. The van der Waals surface area contributed by atoms with Crippen LogP contribution in [0.5, 0.6) is 0 Å². The Morgan fingerprint density at radius 2 is 2.21 bits per heavy atom. The van der Waals surface area contributed by atoms with Crippen molar-refractivity contribution in [1.82, 2.24) is 5.32 Å². The molecule has 2 unspecified atom stereocenters. The van der Waals surface area contributed by atoms with Crippen molar-refractivity contribution in [3.63, 3.8) is 0 Å². The van der Waals surface area contributed by atoms with Crippen LogP contribution in [0.3, 0.4) is 0 Å². The maximum absolute atomic E-state index is 6.35. The molecule has 1 nitrogen and oxygen atoms in total. The quantitative estimate of drug-likeness (QED) is 0.854. The fourth-order valence-electron chi connectivity index (χ4n) is 3.10. The number of thiophene rings is 1. The minimum absolute atomic E-state index is 0.348. The normalized spacial score (nSPS) is 19.4. The first-order chi connectivity index (χ1) is 9.31. The highest BCUT2D eigenvalue weighted by molar-refractivity contribution is 7.10. The molecule has 3 heteroatoms. The van der Waals surface area contributed by atoms with Gasteiger partial charge < -0.3 is 5.32 Å². The fourth-order valence-corrected chi connectivity index (χ4v) is 4.42. The lowest BCUT2D eigenvalue weighted by Crippen LogP contribution is -2.25. The Labute approximate surface area is 123 Å². The average Bonchev–Trinajstić information content (AvgIpc) is 3.03. The molecule has 0 spiro atoms. The van der Waals surface area contributed by atoms with Gasteiger partial charge >= 0.3 is 0 Å². The second-order valence-electron chi connectivity index (χ2n) is 5.01. The molecule has 0 saturated heterocycles. The highest BCUT2D eigenvalue weighted by Gasteiger charge is 2.31. The number of hydrogen-bond donors (Lipinski definition) is 1. The summed E-state index contributed by atoms with van der Waals surface area (Å²) >= 11 is 8.11. The summed E-state index contributed by atoms with van der Waals surface area (Å²) in [5.74, 6) is 0.548. The Morgan fingerprint density at radius 1 is 1.37 bits per heavy atom. The highest BCUT2D eigenvalue weighted by Crippen LogP contribution is 2.44. The first-order valence-corrected chi connectivity index (χ1v) is 8.11. The molecule has 0 aliphatic heterocycles. The van der Waals surface area contributed by atoms with Gasteiger partial charge in [0.25, 0.3) is 0 Å². The molecule has 1 heterocycles. The van der Waals surface area contributed by atoms with E-state index in [0.717, 1.165) is 11.6 Å². The second-order valence-corrected chi connectivity index (χ2v) is 6.37. The Kier molecular flexibility index (Phi) is 3.92. The standard InChI is InChI=1S/C16H18ClNS/c1-2-18-15(16-14(17)9-10-19-16)13-8-7-11-5-3-4-6-12(11)13/h3-6,9-10,13,15,18H,2,7-8H2,1H3. The molecule has 1 aromatic heterocycles. The lowest BCUT2D eigenvalue weighted by Gasteiger charge is -2.25. The third kappa shape index (κ3) is 2.45. The van der Waals surface area contributed by atoms with Gasteiger partial charge in [-0.15, -0.1) is 11.3 Å². The van der Waals surface area contributed by atoms with E-state index >= 15 is 0 Å². The number of nitrogens with one attached hydrogen (secondary N) is 1. The van der Waals surface area contributed by atoms with Crippen LogP contribution in [0.2, 0.25) is 5.02 Å². The van der Waals surface area contributed by atoms with Crippen molar-refractivity contribution in [2.45, 2.75) is 31.7 Å². The average molecular weight is 292 g/mol. The van der Waals surface area contributed by atoms with E-state index in [9.17, 15) is 0 Å². The minimum Gasteiger partial charge on any atom is -0.309 e. The van der Waals surface area contributed by atoms with E-state index in [1.54, 1.807) is 11.3 Å². The predicted molar refractivity (Wildman–Crippen MR) is 83.3 cm³/mol. The molecule has 0 saturated carbocycles. The Balaban J connectivity index is 1.96. The van der Waals surface area contributed by atoms with Gasteiger partial charge in [0.15, 0.2) is 0 Å². The maximum Gasteiger partial charge on any atom is 0.0561 e. The molecule has 0 amide bonds. The zero-order chi connectivity index (χ0) is 13.2. The van der Waals surface area contributed by atoms with E-state index in [0.29, 0.717) is 12.0 Å². The van der Waals surface area contributed by atoms with Crippen LogP contribution < -0.4 is 5.32 Å². The monoisotopic (exact) mass is 291 g/mol.